The van der Waals surface area contributed by atoms with Crippen molar-refractivity contribution in [1.29, 1.82) is 0 Å². The molecule has 3 N–H and O–H groups in total. The van der Waals surface area contributed by atoms with Crippen LogP contribution >= 0.6 is 0 Å². The Bertz CT molecular complexity index is 1270. The summed E-state index contributed by atoms with van der Waals surface area (Å²) in [6.45, 7) is 5.47. The Kier molecular flexibility index (Phi) is 7.19. The van der Waals surface area contributed by atoms with Crippen molar-refractivity contribution in [2.45, 2.75) is 44.9 Å². The van der Waals surface area contributed by atoms with Crippen LogP contribution in [0.3, 0.4) is 0 Å². The first kappa shape index (κ1) is 25.1. The van der Waals surface area contributed by atoms with Gasteiger partial charge in [0.05, 0.1) is 12.6 Å². The average molecular weight is 496 g/mol. The molecule has 0 spiro atoms. The highest BCUT2D eigenvalue weighted by Crippen LogP contribution is 2.34. The summed E-state index contributed by atoms with van der Waals surface area (Å²) in [6, 6.07) is 13.1. The molecule has 3 aromatic rings. The number of aromatic nitrogens is 1. The van der Waals surface area contributed by atoms with E-state index < -0.39 is 29.7 Å². The number of hydrogen-bond acceptors (Lipinski definition) is 5. The molecule has 4 rings (SSSR count). The first-order valence-corrected chi connectivity index (χ1v) is 11.7. The van der Waals surface area contributed by atoms with Crippen LogP contribution in [0.5, 0.6) is 0 Å². The van der Waals surface area contributed by atoms with Crippen LogP contribution in [0, 0.1) is 5.82 Å². The minimum Gasteiger partial charge on any atom is -0.511 e. The minimum atomic E-state index is -0.729. The Morgan fingerprint density at radius 3 is 2.69 bits per heavy atom. The number of aliphatic hydroxyl groups is 1. The molecule has 2 heterocycles. The number of nitrogens with zero attached hydrogens (tertiary/aromatic N) is 1. The molecule has 0 fully saturated rings. The normalized spacial score (nSPS) is 16.5. The fraction of sp³-hybridized carbons (Fsp3) is 0.333. The summed E-state index contributed by atoms with van der Waals surface area (Å²) in [5, 5.41) is 13.9. The van der Waals surface area contributed by atoms with Crippen LogP contribution < -0.4 is 5.32 Å². The lowest BCUT2D eigenvalue weighted by Gasteiger charge is -2.32. The van der Waals surface area contributed by atoms with Gasteiger partial charge in [0.15, 0.2) is 0 Å². The molecule has 1 aliphatic heterocycles. The number of H-pyrrole nitrogens is 1. The van der Waals surface area contributed by atoms with Crippen molar-refractivity contribution >= 4 is 23.1 Å². The summed E-state index contributed by atoms with van der Waals surface area (Å²) in [5.74, 6) is -0.858. The van der Waals surface area contributed by atoms with Crippen LogP contribution in [0.2, 0.25) is 0 Å². The zero-order valence-electron chi connectivity index (χ0n) is 20.5. The monoisotopic (exact) mass is 495 g/mol. The third-order valence-electron chi connectivity index (χ3n) is 5.85. The minimum absolute atomic E-state index is 0.0217. The number of ether oxygens (including phenoxy) is 2. The molecule has 2 aromatic carbocycles. The van der Waals surface area contributed by atoms with Gasteiger partial charge in [-0.1, -0.05) is 30.3 Å². The first-order chi connectivity index (χ1) is 17.1. The number of nitrogens with one attached hydrogen (secondary N) is 2. The molecule has 9 heteroatoms. The average Bonchev–Trinajstić information content (AvgIpc) is 3.41. The van der Waals surface area contributed by atoms with E-state index in [-0.39, 0.29) is 31.3 Å². The van der Waals surface area contributed by atoms with Crippen LogP contribution in [0.25, 0.3) is 10.9 Å². The molecule has 8 nitrogen and oxygen atoms in total. The second-order valence-electron chi connectivity index (χ2n) is 9.74. The molecule has 1 aliphatic rings. The predicted molar refractivity (Wildman–Crippen MR) is 133 cm³/mol. The van der Waals surface area contributed by atoms with E-state index in [0.717, 1.165) is 16.5 Å². The highest BCUT2D eigenvalue weighted by Gasteiger charge is 2.39. The molecule has 0 radical (unpaired) electrons. The molecule has 1 aromatic heterocycles. The number of carbonyl (C=O) groups is 2. The topological polar surface area (TPSA) is 104 Å². The third-order valence-corrected chi connectivity index (χ3v) is 5.85. The maximum Gasteiger partial charge on any atom is 0.411 e. The van der Waals surface area contributed by atoms with Crippen molar-refractivity contribution in [2.75, 3.05) is 13.1 Å². The summed E-state index contributed by atoms with van der Waals surface area (Å²) in [6.07, 6.45) is 2.09. The molecule has 190 valence electrons. The fourth-order valence-corrected chi connectivity index (χ4v) is 4.27. The van der Waals surface area contributed by atoms with Gasteiger partial charge in [0.1, 0.15) is 23.8 Å². The lowest BCUT2D eigenvalue weighted by molar-refractivity contribution is 0.0211. The second kappa shape index (κ2) is 10.3. The number of fused-ring (bicyclic) bond motifs is 1. The molecular formula is C27H30FN3O5. The van der Waals surface area contributed by atoms with Crippen LogP contribution in [-0.2, 0) is 16.1 Å². The summed E-state index contributed by atoms with van der Waals surface area (Å²) < 4.78 is 24.7. The van der Waals surface area contributed by atoms with Crippen molar-refractivity contribution in [3.05, 3.63) is 83.5 Å². The highest BCUT2D eigenvalue weighted by atomic mass is 19.1. The van der Waals surface area contributed by atoms with Gasteiger partial charge in [0, 0.05) is 29.6 Å². The van der Waals surface area contributed by atoms with E-state index in [1.807, 2.05) is 30.3 Å². The standard InChI is InChI=1S/C27H30FN3O5/c1-27(2,3)36-26(34)31-15-19(32)12-24(31)22(21-13-29-23-11-18(28)9-10-20(21)23)14-30-25(33)35-16-17-7-5-4-6-8-17/h4-13,22,24,29,32H,14-16H2,1-3H3,(H,30,33)/t22-,24-/m0/s1. The molecule has 2 amide bonds. The molecule has 36 heavy (non-hydrogen) atoms. The number of carbonyl (C=O) groups excluding carboxylic acids is 2. The van der Waals surface area contributed by atoms with E-state index >= 15 is 0 Å². The van der Waals surface area contributed by atoms with Crippen molar-refractivity contribution in [3.8, 4) is 0 Å². The van der Waals surface area contributed by atoms with Gasteiger partial charge in [0.25, 0.3) is 0 Å². The molecule has 0 unspecified atom stereocenters. The van der Waals surface area contributed by atoms with E-state index in [0.29, 0.717) is 5.52 Å². The van der Waals surface area contributed by atoms with Crippen molar-refractivity contribution in [3.63, 3.8) is 0 Å². The Balaban J connectivity index is 1.59. The zero-order valence-corrected chi connectivity index (χ0v) is 20.5. The number of rotatable bonds is 6. The van der Waals surface area contributed by atoms with E-state index in [2.05, 4.69) is 10.3 Å². The van der Waals surface area contributed by atoms with Gasteiger partial charge in [-0.15, -0.1) is 0 Å². The van der Waals surface area contributed by atoms with E-state index in [9.17, 15) is 19.1 Å². The van der Waals surface area contributed by atoms with E-state index in [1.54, 1.807) is 39.1 Å². The maximum atomic E-state index is 13.8. The molecule has 0 saturated heterocycles. The maximum absolute atomic E-state index is 13.8. The quantitative estimate of drug-likeness (QED) is 0.426. The third kappa shape index (κ3) is 5.97. The Morgan fingerprint density at radius 1 is 1.22 bits per heavy atom. The van der Waals surface area contributed by atoms with Gasteiger partial charge < -0.3 is 24.9 Å². The van der Waals surface area contributed by atoms with E-state index in [4.69, 9.17) is 9.47 Å². The van der Waals surface area contributed by atoms with Crippen molar-refractivity contribution in [1.82, 2.24) is 15.2 Å². The van der Waals surface area contributed by atoms with Crippen LogP contribution in [-0.4, -0.2) is 51.9 Å². The van der Waals surface area contributed by atoms with Crippen LogP contribution in [0.15, 0.2) is 66.6 Å². The SMILES string of the molecule is CC(C)(C)OC(=O)N1CC(O)=C[C@H]1[C@@H](CNC(=O)OCc1ccccc1)c1c[nH]c2cc(F)ccc12. The first-order valence-electron chi connectivity index (χ1n) is 11.7. The summed E-state index contributed by atoms with van der Waals surface area (Å²) in [5.41, 5.74) is 1.45. The second-order valence-corrected chi connectivity index (χ2v) is 9.74. The Labute approximate surface area is 208 Å². The predicted octanol–water partition coefficient (Wildman–Crippen LogP) is 5.38. The highest BCUT2D eigenvalue weighted by molar-refractivity contribution is 5.84. The number of aliphatic hydroxyl groups excluding tert-OH is 1. The number of amides is 2. The molecule has 2 atom stereocenters. The van der Waals surface area contributed by atoms with Gasteiger partial charge in [-0.3, -0.25) is 4.90 Å². The van der Waals surface area contributed by atoms with Gasteiger partial charge in [-0.2, -0.15) is 0 Å². The number of hydrogen-bond donors (Lipinski definition) is 3. The lowest BCUT2D eigenvalue weighted by Crippen LogP contribution is -2.45. The molecular weight excluding hydrogens is 465 g/mol. The Hall–Kier alpha value is -4.01. The molecule has 0 aliphatic carbocycles. The molecule has 0 bridgehead atoms. The van der Waals surface area contributed by atoms with Gasteiger partial charge in [0.2, 0.25) is 0 Å². The Morgan fingerprint density at radius 2 is 1.97 bits per heavy atom. The van der Waals surface area contributed by atoms with Crippen LogP contribution in [0.1, 0.15) is 37.8 Å². The molecule has 0 saturated carbocycles. The van der Waals surface area contributed by atoms with Crippen LogP contribution in [0.4, 0.5) is 14.0 Å². The van der Waals surface area contributed by atoms with Gasteiger partial charge >= 0.3 is 12.2 Å². The zero-order chi connectivity index (χ0) is 25.9. The lowest BCUT2D eigenvalue weighted by atomic mass is 9.90. The van der Waals surface area contributed by atoms with Crippen molar-refractivity contribution < 1.29 is 28.6 Å². The number of alkyl carbamates (subject to hydrolysis) is 1. The number of aromatic amines is 1. The summed E-state index contributed by atoms with van der Waals surface area (Å²) in [7, 11) is 0. The largest absolute Gasteiger partial charge is 0.511 e. The van der Waals surface area contributed by atoms with Gasteiger partial charge in [-0.05, 0) is 56.2 Å². The summed E-state index contributed by atoms with van der Waals surface area (Å²) in [4.78, 5) is 30.0. The van der Waals surface area contributed by atoms with E-state index in [1.165, 1.54) is 17.0 Å². The smallest absolute Gasteiger partial charge is 0.411 e. The summed E-state index contributed by atoms with van der Waals surface area (Å²) >= 11 is 0. The number of halogens is 1. The number of benzene rings is 2. The van der Waals surface area contributed by atoms with Gasteiger partial charge in [-0.25, -0.2) is 14.0 Å². The van der Waals surface area contributed by atoms with Crippen molar-refractivity contribution in [2.24, 2.45) is 0 Å². The fourth-order valence-electron chi connectivity index (χ4n) is 4.27.